The summed E-state index contributed by atoms with van der Waals surface area (Å²) in [5.74, 6) is 0.0827. The first kappa shape index (κ1) is 15.5. The standard InChI is InChI=1S/C15H25N3O/c1-4-6-10-18(11-7-5-2)15(19)13-12-17-9-8-14(13)16-3/h8-9,12H,4-7,10-11H2,1-3H3,(H,16,17). The Kier molecular flexibility index (Phi) is 6.93. The Balaban J connectivity index is 2.84. The number of anilines is 1. The third-order valence-electron chi connectivity index (χ3n) is 3.17. The maximum absolute atomic E-state index is 12.6. The quantitative estimate of drug-likeness (QED) is 0.783. The molecule has 0 unspecified atom stereocenters. The lowest BCUT2D eigenvalue weighted by atomic mass is 10.2. The Bertz CT molecular complexity index is 385. The highest BCUT2D eigenvalue weighted by atomic mass is 16.2. The minimum atomic E-state index is 0.0827. The summed E-state index contributed by atoms with van der Waals surface area (Å²) in [5.41, 5.74) is 1.51. The van der Waals surface area contributed by atoms with Gasteiger partial charge in [0.25, 0.3) is 5.91 Å². The molecule has 4 nitrogen and oxygen atoms in total. The zero-order valence-corrected chi connectivity index (χ0v) is 12.3. The van der Waals surface area contributed by atoms with Crippen molar-refractivity contribution in [1.82, 2.24) is 9.88 Å². The molecule has 1 N–H and O–H groups in total. The van der Waals surface area contributed by atoms with Crippen molar-refractivity contribution in [3.8, 4) is 0 Å². The van der Waals surface area contributed by atoms with Crippen molar-refractivity contribution in [2.24, 2.45) is 0 Å². The van der Waals surface area contributed by atoms with Gasteiger partial charge in [0.2, 0.25) is 0 Å². The summed E-state index contributed by atoms with van der Waals surface area (Å²) in [6, 6.07) is 1.84. The van der Waals surface area contributed by atoms with Crippen molar-refractivity contribution >= 4 is 11.6 Å². The van der Waals surface area contributed by atoms with Crippen LogP contribution < -0.4 is 5.32 Å². The second-order valence-corrected chi connectivity index (χ2v) is 4.67. The predicted octanol–water partition coefficient (Wildman–Crippen LogP) is 3.17. The Hall–Kier alpha value is -1.58. The average Bonchev–Trinajstić information content (AvgIpc) is 2.46. The van der Waals surface area contributed by atoms with Crippen LogP contribution in [-0.2, 0) is 0 Å². The summed E-state index contributed by atoms with van der Waals surface area (Å²) < 4.78 is 0. The van der Waals surface area contributed by atoms with Crippen molar-refractivity contribution in [2.75, 3.05) is 25.5 Å². The van der Waals surface area contributed by atoms with Crippen LogP contribution in [0.3, 0.4) is 0 Å². The van der Waals surface area contributed by atoms with E-state index in [0.717, 1.165) is 44.5 Å². The fourth-order valence-electron chi connectivity index (χ4n) is 1.97. The summed E-state index contributed by atoms with van der Waals surface area (Å²) in [4.78, 5) is 18.6. The maximum Gasteiger partial charge on any atom is 0.257 e. The van der Waals surface area contributed by atoms with E-state index in [-0.39, 0.29) is 5.91 Å². The molecule has 0 atom stereocenters. The molecule has 1 heterocycles. The summed E-state index contributed by atoms with van der Waals surface area (Å²) >= 11 is 0. The zero-order valence-electron chi connectivity index (χ0n) is 12.3. The number of nitrogens with zero attached hydrogens (tertiary/aromatic N) is 2. The number of amides is 1. The van der Waals surface area contributed by atoms with Crippen LogP contribution in [0.15, 0.2) is 18.5 Å². The van der Waals surface area contributed by atoms with E-state index >= 15 is 0 Å². The molecule has 1 amide bonds. The zero-order chi connectivity index (χ0) is 14.1. The van der Waals surface area contributed by atoms with Gasteiger partial charge >= 0.3 is 0 Å². The van der Waals surface area contributed by atoms with Crippen molar-refractivity contribution in [3.05, 3.63) is 24.0 Å². The van der Waals surface area contributed by atoms with Crippen LogP contribution in [0.2, 0.25) is 0 Å². The summed E-state index contributed by atoms with van der Waals surface area (Å²) in [6.45, 7) is 5.94. The maximum atomic E-state index is 12.6. The first-order chi connectivity index (χ1) is 9.24. The van der Waals surface area contributed by atoms with Gasteiger partial charge < -0.3 is 10.2 Å². The van der Waals surface area contributed by atoms with E-state index in [1.807, 2.05) is 18.0 Å². The predicted molar refractivity (Wildman–Crippen MR) is 79.5 cm³/mol. The highest BCUT2D eigenvalue weighted by Crippen LogP contribution is 2.16. The van der Waals surface area contributed by atoms with Gasteiger partial charge in [0.15, 0.2) is 0 Å². The van der Waals surface area contributed by atoms with Gasteiger partial charge in [0.1, 0.15) is 0 Å². The van der Waals surface area contributed by atoms with Crippen LogP contribution in [0.4, 0.5) is 5.69 Å². The Labute approximate surface area is 116 Å². The van der Waals surface area contributed by atoms with Gasteiger partial charge in [-0.25, -0.2) is 0 Å². The summed E-state index contributed by atoms with van der Waals surface area (Å²) in [7, 11) is 1.83. The second kappa shape index (κ2) is 8.51. The SMILES string of the molecule is CCCCN(CCCC)C(=O)c1cnccc1NC. The van der Waals surface area contributed by atoms with Gasteiger partial charge in [-0.15, -0.1) is 0 Å². The molecule has 4 heteroatoms. The number of hydrogen-bond donors (Lipinski definition) is 1. The Morgan fingerprint density at radius 1 is 1.26 bits per heavy atom. The fraction of sp³-hybridized carbons (Fsp3) is 0.600. The Morgan fingerprint density at radius 2 is 1.89 bits per heavy atom. The molecule has 0 saturated carbocycles. The molecule has 0 aliphatic carbocycles. The largest absolute Gasteiger partial charge is 0.387 e. The van der Waals surface area contributed by atoms with Crippen LogP contribution in [0.1, 0.15) is 49.9 Å². The number of pyridine rings is 1. The molecule has 0 radical (unpaired) electrons. The molecule has 106 valence electrons. The van der Waals surface area contributed by atoms with Gasteiger partial charge in [-0.3, -0.25) is 9.78 Å². The fourth-order valence-corrected chi connectivity index (χ4v) is 1.97. The van der Waals surface area contributed by atoms with E-state index in [9.17, 15) is 4.79 Å². The van der Waals surface area contributed by atoms with Gasteiger partial charge in [-0.05, 0) is 18.9 Å². The van der Waals surface area contributed by atoms with Crippen LogP contribution in [0, 0.1) is 0 Å². The van der Waals surface area contributed by atoms with Crippen LogP contribution in [0.5, 0.6) is 0 Å². The van der Waals surface area contributed by atoms with E-state index in [4.69, 9.17) is 0 Å². The molecule has 0 spiro atoms. The molecule has 1 aromatic rings. The highest BCUT2D eigenvalue weighted by molar-refractivity contribution is 5.99. The van der Waals surface area contributed by atoms with E-state index in [1.165, 1.54) is 0 Å². The number of aromatic nitrogens is 1. The average molecular weight is 263 g/mol. The van der Waals surface area contributed by atoms with Crippen molar-refractivity contribution < 1.29 is 4.79 Å². The van der Waals surface area contributed by atoms with Gasteiger partial charge in [0, 0.05) is 38.2 Å². The lowest BCUT2D eigenvalue weighted by Crippen LogP contribution is -2.33. The monoisotopic (exact) mass is 263 g/mol. The number of carbonyl (C=O) groups is 1. The number of carbonyl (C=O) groups excluding carboxylic acids is 1. The second-order valence-electron chi connectivity index (χ2n) is 4.67. The number of unbranched alkanes of at least 4 members (excludes halogenated alkanes) is 2. The molecule has 0 aliphatic heterocycles. The molecular weight excluding hydrogens is 238 g/mol. The molecule has 1 aromatic heterocycles. The first-order valence-corrected chi connectivity index (χ1v) is 7.15. The minimum absolute atomic E-state index is 0.0827. The molecule has 19 heavy (non-hydrogen) atoms. The molecule has 1 rings (SSSR count). The third-order valence-corrected chi connectivity index (χ3v) is 3.17. The summed E-state index contributed by atoms with van der Waals surface area (Å²) in [6.07, 6.45) is 7.64. The van der Waals surface area contributed by atoms with E-state index in [1.54, 1.807) is 12.4 Å². The van der Waals surface area contributed by atoms with Gasteiger partial charge in [0.05, 0.1) is 5.56 Å². The summed E-state index contributed by atoms with van der Waals surface area (Å²) in [5, 5.41) is 3.06. The number of rotatable bonds is 8. The molecule has 0 aromatic carbocycles. The smallest absolute Gasteiger partial charge is 0.257 e. The van der Waals surface area contributed by atoms with E-state index in [2.05, 4.69) is 24.1 Å². The lowest BCUT2D eigenvalue weighted by Gasteiger charge is -2.23. The normalized spacial score (nSPS) is 10.3. The molecule has 0 aliphatic rings. The molecule has 0 fully saturated rings. The van der Waals surface area contributed by atoms with Crippen LogP contribution >= 0.6 is 0 Å². The van der Waals surface area contributed by atoms with Crippen molar-refractivity contribution in [2.45, 2.75) is 39.5 Å². The van der Waals surface area contributed by atoms with E-state index in [0.29, 0.717) is 5.56 Å². The minimum Gasteiger partial charge on any atom is -0.387 e. The van der Waals surface area contributed by atoms with Crippen molar-refractivity contribution in [1.29, 1.82) is 0 Å². The third kappa shape index (κ3) is 4.54. The van der Waals surface area contributed by atoms with Crippen LogP contribution in [0.25, 0.3) is 0 Å². The van der Waals surface area contributed by atoms with Crippen LogP contribution in [-0.4, -0.2) is 35.9 Å². The number of hydrogen-bond acceptors (Lipinski definition) is 3. The lowest BCUT2D eigenvalue weighted by molar-refractivity contribution is 0.0751. The van der Waals surface area contributed by atoms with Gasteiger partial charge in [-0.1, -0.05) is 26.7 Å². The van der Waals surface area contributed by atoms with E-state index < -0.39 is 0 Å². The molecule has 0 bridgehead atoms. The first-order valence-electron chi connectivity index (χ1n) is 7.15. The molecule has 0 saturated heterocycles. The Morgan fingerprint density at radius 3 is 2.42 bits per heavy atom. The number of nitrogens with one attached hydrogen (secondary N) is 1. The van der Waals surface area contributed by atoms with Gasteiger partial charge in [-0.2, -0.15) is 0 Å². The molecular formula is C15H25N3O. The topological polar surface area (TPSA) is 45.2 Å². The highest BCUT2D eigenvalue weighted by Gasteiger charge is 2.17. The van der Waals surface area contributed by atoms with Crippen molar-refractivity contribution in [3.63, 3.8) is 0 Å².